The minimum absolute atomic E-state index is 0.222. The van der Waals surface area contributed by atoms with Gasteiger partial charge in [-0.3, -0.25) is 4.99 Å². The predicted molar refractivity (Wildman–Crippen MR) is 80.7 cm³/mol. The topological polar surface area (TPSA) is 73.9 Å². The van der Waals surface area contributed by atoms with Crippen molar-refractivity contribution in [2.75, 3.05) is 20.6 Å². The van der Waals surface area contributed by atoms with Gasteiger partial charge in [-0.15, -0.1) is 0 Å². The summed E-state index contributed by atoms with van der Waals surface area (Å²) in [6.45, 7) is 0.742. The van der Waals surface area contributed by atoms with Gasteiger partial charge in [-0.05, 0) is 17.7 Å². The van der Waals surface area contributed by atoms with E-state index >= 15 is 0 Å². The smallest absolute Gasteiger partial charge is 0.193 e. The number of nitrogens with zero attached hydrogens (tertiary/aromatic N) is 3. The van der Waals surface area contributed by atoms with Gasteiger partial charge < -0.3 is 19.8 Å². The van der Waals surface area contributed by atoms with Crippen LogP contribution in [-0.2, 0) is 6.54 Å². The van der Waals surface area contributed by atoms with Gasteiger partial charge in [0.1, 0.15) is 17.8 Å². The van der Waals surface area contributed by atoms with E-state index in [2.05, 4.69) is 15.5 Å². The first-order chi connectivity index (χ1) is 10.6. The number of aliphatic imine (C=N–C) groups is 1. The van der Waals surface area contributed by atoms with Crippen LogP contribution in [0.2, 0.25) is 0 Å². The maximum atomic E-state index is 13.2. The van der Waals surface area contributed by atoms with Gasteiger partial charge in [-0.1, -0.05) is 17.3 Å². The highest BCUT2D eigenvalue weighted by Crippen LogP contribution is 2.13. The number of aliphatic hydroxyl groups is 1. The molecule has 1 heterocycles. The fourth-order valence-corrected chi connectivity index (χ4v) is 2.04. The number of halogens is 1. The van der Waals surface area contributed by atoms with E-state index in [0.29, 0.717) is 18.1 Å². The summed E-state index contributed by atoms with van der Waals surface area (Å²) in [7, 11) is 3.49. The van der Waals surface area contributed by atoms with Crippen LogP contribution in [0.1, 0.15) is 17.4 Å². The van der Waals surface area contributed by atoms with Crippen LogP contribution in [0.4, 0.5) is 4.39 Å². The third kappa shape index (κ3) is 4.29. The zero-order valence-electron chi connectivity index (χ0n) is 12.5. The highest BCUT2D eigenvalue weighted by atomic mass is 19.1. The minimum atomic E-state index is -0.826. The Balaban J connectivity index is 1.90. The van der Waals surface area contributed by atoms with Crippen molar-refractivity contribution in [3.05, 3.63) is 53.7 Å². The van der Waals surface area contributed by atoms with Crippen molar-refractivity contribution in [2.24, 2.45) is 4.99 Å². The summed E-state index contributed by atoms with van der Waals surface area (Å²) in [6, 6.07) is 7.67. The van der Waals surface area contributed by atoms with Gasteiger partial charge in [0, 0.05) is 26.7 Å². The lowest BCUT2D eigenvalue weighted by Gasteiger charge is -2.22. The average molecular weight is 306 g/mol. The molecule has 6 nitrogen and oxygen atoms in total. The second kappa shape index (κ2) is 7.56. The number of hydrogen-bond acceptors (Lipinski definition) is 4. The molecule has 1 aromatic heterocycles. The highest BCUT2D eigenvalue weighted by molar-refractivity contribution is 5.79. The van der Waals surface area contributed by atoms with Crippen LogP contribution in [0, 0.1) is 5.82 Å². The molecule has 1 aromatic carbocycles. The molecule has 0 spiro atoms. The van der Waals surface area contributed by atoms with Crippen molar-refractivity contribution >= 4 is 5.96 Å². The monoisotopic (exact) mass is 306 g/mol. The zero-order chi connectivity index (χ0) is 15.9. The summed E-state index contributed by atoms with van der Waals surface area (Å²) in [5, 5.41) is 17.0. The number of aromatic nitrogens is 1. The number of hydrogen-bond donors (Lipinski definition) is 2. The van der Waals surface area contributed by atoms with E-state index in [1.807, 2.05) is 11.9 Å². The van der Waals surface area contributed by atoms with Crippen molar-refractivity contribution in [2.45, 2.75) is 12.6 Å². The van der Waals surface area contributed by atoms with E-state index < -0.39 is 6.10 Å². The van der Waals surface area contributed by atoms with Crippen molar-refractivity contribution in [3.63, 3.8) is 0 Å². The Hall–Kier alpha value is -2.41. The molecule has 118 valence electrons. The molecule has 7 heteroatoms. The SMILES string of the molecule is CN=C(NCC(O)c1cccc(F)c1)N(C)Cc1ccon1. The quantitative estimate of drug-likeness (QED) is 0.648. The van der Waals surface area contributed by atoms with Crippen LogP contribution in [-0.4, -0.2) is 41.8 Å². The highest BCUT2D eigenvalue weighted by Gasteiger charge is 2.12. The molecule has 0 saturated carbocycles. The number of rotatable bonds is 5. The number of benzene rings is 1. The van der Waals surface area contributed by atoms with Gasteiger partial charge in [-0.2, -0.15) is 0 Å². The summed E-state index contributed by atoms with van der Waals surface area (Å²) in [6.07, 6.45) is 0.681. The number of nitrogens with one attached hydrogen (secondary N) is 1. The Morgan fingerprint density at radius 2 is 2.32 bits per heavy atom. The van der Waals surface area contributed by atoms with Crippen molar-refractivity contribution < 1.29 is 14.0 Å². The lowest BCUT2D eigenvalue weighted by molar-refractivity contribution is 0.179. The molecule has 0 saturated heterocycles. The van der Waals surface area contributed by atoms with E-state index in [1.165, 1.54) is 18.4 Å². The third-order valence-corrected chi connectivity index (χ3v) is 3.15. The summed E-state index contributed by atoms with van der Waals surface area (Å²) in [4.78, 5) is 5.98. The van der Waals surface area contributed by atoms with Crippen molar-refractivity contribution in [3.8, 4) is 0 Å². The zero-order valence-corrected chi connectivity index (χ0v) is 12.5. The molecule has 0 aliphatic heterocycles. The van der Waals surface area contributed by atoms with Gasteiger partial charge in [0.05, 0.1) is 12.6 Å². The van der Waals surface area contributed by atoms with Crippen LogP contribution in [0.15, 0.2) is 46.1 Å². The Labute approximate surface area is 128 Å². The van der Waals surface area contributed by atoms with Gasteiger partial charge in [-0.25, -0.2) is 4.39 Å². The molecule has 2 aromatic rings. The lowest BCUT2D eigenvalue weighted by atomic mass is 10.1. The second-order valence-electron chi connectivity index (χ2n) is 4.85. The molecule has 2 N–H and O–H groups in total. The van der Waals surface area contributed by atoms with E-state index in [1.54, 1.807) is 25.2 Å². The maximum absolute atomic E-state index is 13.2. The molecule has 0 aliphatic carbocycles. The van der Waals surface area contributed by atoms with Gasteiger partial charge in [0.2, 0.25) is 0 Å². The van der Waals surface area contributed by atoms with Crippen LogP contribution in [0.5, 0.6) is 0 Å². The molecule has 0 fully saturated rings. The van der Waals surface area contributed by atoms with Crippen LogP contribution < -0.4 is 5.32 Å². The Morgan fingerprint density at radius 3 is 2.95 bits per heavy atom. The van der Waals surface area contributed by atoms with E-state index in [0.717, 1.165) is 5.69 Å². The second-order valence-corrected chi connectivity index (χ2v) is 4.85. The molecule has 0 bridgehead atoms. The van der Waals surface area contributed by atoms with Crippen LogP contribution >= 0.6 is 0 Å². The van der Waals surface area contributed by atoms with Gasteiger partial charge >= 0.3 is 0 Å². The number of guanidine groups is 1. The first kappa shape index (κ1) is 16.0. The third-order valence-electron chi connectivity index (χ3n) is 3.15. The molecule has 22 heavy (non-hydrogen) atoms. The predicted octanol–water partition coefficient (Wildman–Crippen LogP) is 1.55. The van der Waals surface area contributed by atoms with Crippen LogP contribution in [0.3, 0.4) is 0 Å². The first-order valence-electron chi connectivity index (χ1n) is 6.84. The largest absolute Gasteiger partial charge is 0.387 e. The van der Waals surface area contributed by atoms with Gasteiger partial charge in [0.25, 0.3) is 0 Å². The summed E-state index contributed by atoms with van der Waals surface area (Å²) < 4.78 is 17.9. The Morgan fingerprint density at radius 1 is 1.50 bits per heavy atom. The summed E-state index contributed by atoms with van der Waals surface area (Å²) in [5.74, 6) is 0.225. The van der Waals surface area contributed by atoms with Gasteiger partial charge in [0.15, 0.2) is 5.96 Å². The molecule has 0 radical (unpaired) electrons. The molecule has 1 unspecified atom stereocenters. The Kier molecular flexibility index (Phi) is 5.48. The molecule has 0 aliphatic rings. The molecular weight excluding hydrogens is 287 g/mol. The molecule has 2 rings (SSSR count). The molecule has 1 atom stereocenters. The van der Waals surface area contributed by atoms with E-state index in [4.69, 9.17) is 4.52 Å². The van der Waals surface area contributed by atoms with Crippen LogP contribution in [0.25, 0.3) is 0 Å². The van der Waals surface area contributed by atoms with Crippen molar-refractivity contribution in [1.29, 1.82) is 0 Å². The average Bonchev–Trinajstić information content (AvgIpc) is 3.00. The maximum Gasteiger partial charge on any atom is 0.193 e. The minimum Gasteiger partial charge on any atom is -0.387 e. The van der Waals surface area contributed by atoms with E-state index in [9.17, 15) is 9.50 Å². The summed E-state index contributed by atoms with van der Waals surface area (Å²) in [5.41, 5.74) is 1.29. The Bertz CT molecular complexity index is 616. The first-order valence-corrected chi connectivity index (χ1v) is 6.84. The fraction of sp³-hybridized carbons (Fsp3) is 0.333. The standard InChI is InChI=1S/C15H19FN4O2/c1-17-15(20(2)10-13-6-7-22-19-13)18-9-14(21)11-4-3-5-12(16)8-11/h3-8,14,21H,9-10H2,1-2H3,(H,17,18). The summed E-state index contributed by atoms with van der Waals surface area (Å²) >= 11 is 0. The van der Waals surface area contributed by atoms with Crippen molar-refractivity contribution in [1.82, 2.24) is 15.4 Å². The molecule has 0 amide bonds. The molecular formula is C15H19FN4O2. The normalized spacial score (nSPS) is 13.0. The number of aliphatic hydroxyl groups excluding tert-OH is 1. The fourth-order valence-electron chi connectivity index (χ4n) is 2.04. The van der Waals surface area contributed by atoms with E-state index in [-0.39, 0.29) is 12.4 Å². The lowest BCUT2D eigenvalue weighted by Crippen LogP contribution is -2.40.